The summed E-state index contributed by atoms with van der Waals surface area (Å²) in [5, 5.41) is 15.8. The lowest BCUT2D eigenvalue weighted by atomic mass is 10.1. The Morgan fingerprint density at radius 3 is 2.83 bits per heavy atom. The standard InChI is InChI=1S/C17H20N6O/c1-12-19-17(24-22-12)10-13-5-7-14(8-6-13)18-11-16-21-20-15-4-2-3-9-23(15)16/h5-8,18H,2-4,9-11H2,1H3. The van der Waals surface area contributed by atoms with Crippen LogP contribution in [0, 0.1) is 6.92 Å². The average Bonchev–Trinajstić information content (AvgIpc) is 3.20. The van der Waals surface area contributed by atoms with Crippen LogP contribution >= 0.6 is 0 Å². The third-order valence-electron chi connectivity index (χ3n) is 4.27. The Bertz CT molecular complexity index is 820. The Balaban J connectivity index is 1.38. The van der Waals surface area contributed by atoms with E-state index in [2.05, 4.69) is 54.5 Å². The Morgan fingerprint density at radius 2 is 2.04 bits per heavy atom. The van der Waals surface area contributed by atoms with E-state index in [0.29, 0.717) is 24.7 Å². The predicted octanol–water partition coefficient (Wildman–Crippen LogP) is 2.51. The molecule has 0 aliphatic carbocycles. The van der Waals surface area contributed by atoms with Crippen LogP contribution in [0.25, 0.3) is 0 Å². The highest BCUT2D eigenvalue weighted by Crippen LogP contribution is 2.17. The van der Waals surface area contributed by atoms with Crippen LogP contribution in [0.15, 0.2) is 28.8 Å². The van der Waals surface area contributed by atoms with Gasteiger partial charge < -0.3 is 14.4 Å². The highest BCUT2D eigenvalue weighted by Gasteiger charge is 2.15. The molecule has 0 atom stereocenters. The van der Waals surface area contributed by atoms with Crippen LogP contribution in [-0.4, -0.2) is 24.9 Å². The third kappa shape index (κ3) is 3.15. The number of benzene rings is 1. The first-order chi connectivity index (χ1) is 11.8. The molecule has 3 aromatic rings. The molecule has 1 aliphatic heterocycles. The van der Waals surface area contributed by atoms with Gasteiger partial charge in [0.25, 0.3) is 0 Å². The third-order valence-corrected chi connectivity index (χ3v) is 4.27. The first-order valence-corrected chi connectivity index (χ1v) is 8.31. The summed E-state index contributed by atoms with van der Waals surface area (Å²) in [5.74, 6) is 3.43. The van der Waals surface area contributed by atoms with E-state index in [1.54, 1.807) is 0 Å². The monoisotopic (exact) mass is 324 g/mol. The molecule has 0 amide bonds. The number of nitrogens with one attached hydrogen (secondary N) is 1. The number of hydrogen-bond acceptors (Lipinski definition) is 6. The fourth-order valence-electron chi connectivity index (χ4n) is 3.01. The van der Waals surface area contributed by atoms with E-state index >= 15 is 0 Å². The van der Waals surface area contributed by atoms with Crippen molar-refractivity contribution in [2.24, 2.45) is 0 Å². The second kappa shape index (κ2) is 6.43. The summed E-state index contributed by atoms with van der Waals surface area (Å²) in [6.07, 6.45) is 4.12. The maximum Gasteiger partial charge on any atom is 0.231 e. The van der Waals surface area contributed by atoms with Crippen LogP contribution in [0.3, 0.4) is 0 Å². The molecule has 124 valence electrons. The topological polar surface area (TPSA) is 81.7 Å². The highest BCUT2D eigenvalue weighted by molar-refractivity contribution is 5.45. The number of fused-ring (bicyclic) bond motifs is 1. The summed E-state index contributed by atoms with van der Waals surface area (Å²) >= 11 is 0. The fraction of sp³-hybridized carbons (Fsp3) is 0.412. The van der Waals surface area contributed by atoms with Gasteiger partial charge in [-0.2, -0.15) is 4.98 Å². The van der Waals surface area contributed by atoms with Gasteiger partial charge in [0.15, 0.2) is 11.6 Å². The van der Waals surface area contributed by atoms with Crippen molar-refractivity contribution >= 4 is 5.69 Å². The first kappa shape index (κ1) is 14.9. The van der Waals surface area contributed by atoms with Crippen molar-refractivity contribution < 1.29 is 4.52 Å². The molecule has 0 fully saturated rings. The lowest BCUT2D eigenvalue weighted by Crippen LogP contribution is -2.15. The molecule has 1 N–H and O–H groups in total. The van der Waals surface area contributed by atoms with Crippen molar-refractivity contribution in [2.45, 2.75) is 45.7 Å². The second-order valence-corrected chi connectivity index (χ2v) is 6.10. The normalized spacial score (nSPS) is 13.7. The predicted molar refractivity (Wildman–Crippen MR) is 88.6 cm³/mol. The zero-order valence-corrected chi connectivity index (χ0v) is 13.7. The van der Waals surface area contributed by atoms with E-state index in [4.69, 9.17) is 4.52 Å². The van der Waals surface area contributed by atoms with E-state index < -0.39 is 0 Å². The first-order valence-electron chi connectivity index (χ1n) is 8.31. The Kier molecular flexibility index (Phi) is 3.98. The van der Waals surface area contributed by atoms with Gasteiger partial charge in [-0.3, -0.25) is 0 Å². The quantitative estimate of drug-likeness (QED) is 0.776. The SMILES string of the molecule is Cc1noc(Cc2ccc(NCc3nnc4n3CCCC4)cc2)n1. The molecular weight excluding hydrogens is 304 g/mol. The van der Waals surface area contributed by atoms with Crippen molar-refractivity contribution in [1.29, 1.82) is 0 Å². The van der Waals surface area contributed by atoms with E-state index in [-0.39, 0.29) is 0 Å². The molecule has 0 saturated heterocycles. The van der Waals surface area contributed by atoms with E-state index in [9.17, 15) is 0 Å². The lowest BCUT2D eigenvalue weighted by Gasteiger charge is -2.15. The molecule has 1 aromatic carbocycles. The van der Waals surface area contributed by atoms with Gasteiger partial charge in [0.1, 0.15) is 5.82 Å². The van der Waals surface area contributed by atoms with Gasteiger partial charge in [-0.1, -0.05) is 17.3 Å². The Labute approximate surface area is 140 Å². The highest BCUT2D eigenvalue weighted by atomic mass is 16.5. The average molecular weight is 324 g/mol. The minimum Gasteiger partial charge on any atom is -0.378 e. The molecule has 7 nitrogen and oxygen atoms in total. The molecule has 0 saturated carbocycles. The van der Waals surface area contributed by atoms with Crippen molar-refractivity contribution in [3.63, 3.8) is 0 Å². The van der Waals surface area contributed by atoms with E-state index in [1.165, 1.54) is 12.8 Å². The number of nitrogens with zero attached hydrogens (tertiary/aromatic N) is 5. The van der Waals surface area contributed by atoms with Gasteiger partial charge in [0, 0.05) is 18.7 Å². The molecule has 2 aromatic heterocycles. The van der Waals surface area contributed by atoms with Crippen molar-refractivity contribution in [1.82, 2.24) is 24.9 Å². The minimum absolute atomic E-state index is 0.642. The molecule has 0 bridgehead atoms. The van der Waals surface area contributed by atoms with Crippen LogP contribution in [0.2, 0.25) is 0 Å². The minimum atomic E-state index is 0.642. The summed E-state index contributed by atoms with van der Waals surface area (Å²) in [5.41, 5.74) is 2.21. The molecular formula is C17H20N6O. The lowest BCUT2D eigenvalue weighted by molar-refractivity contribution is 0.381. The summed E-state index contributed by atoms with van der Waals surface area (Å²) in [7, 11) is 0. The van der Waals surface area contributed by atoms with Gasteiger partial charge >= 0.3 is 0 Å². The fourth-order valence-corrected chi connectivity index (χ4v) is 3.01. The molecule has 0 unspecified atom stereocenters. The van der Waals surface area contributed by atoms with Crippen molar-refractivity contribution in [3.05, 3.63) is 53.2 Å². The number of aryl methyl sites for hydroxylation is 2. The molecule has 1 aliphatic rings. The summed E-state index contributed by atoms with van der Waals surface area (Å²) < 4.78 is 7.39. The van der Waals surface area contributed by atoms with E-state index in [1.807, 2.05) is 6.92 Å². The zero-order chi connectivity index (χ0) is 16.4. The smallest absolute Gasteiger partial charge is 0.231 e. The molecule has 7 heteroatoms. The van der Waals surface area contributed by atoms with Crippen molar-refractivity contribution in [3.8, 4) is 0 Å². The maximum absolute atomic E-state index is 5.15. The van der Waals surface area contributed by atoms with Crippen LogP contribution in [-0.2, 0) is 25.9 Å². The summed E-state index contributed by atoms with van der Waals surface area (Å²) in [4.78, 5) is 4.23. The second-order valence-electron chi connectivity index (χ2n) is 6.10. The van der Waals surface area contributed by atoms with Gasteiger partial charge in [0.05, 0.1) is 13.0 Å². The number of rotatable bonds is 5. The molecule has 3 heterocycles. The van der Waals surface area contributed by atoms with Gasteiger partial charge in [-0.05, 0) is 37.5 Å². The zero-order valence-electron chi connectivity index (χ0n) is 13.7. The largest absolute Gasteiger partial charge is 0.378 e. The van der Waals surface area contributed by atoms with Gasteiger partial charge in [0.2, 0.25) is 5.89 Å². The maximum atomic E-state index is 5.15. The molecule has 24 heavy (non-hydrogen) atoms. The van der Waals surface area contributed by atoms with Crippen LogP contribution < -0.4 is 5.32 Å². The summed E-state index contributed by atoms with van der Waals surface area (Å²) in [6, 6.07) is 8.26. The number of hydrogen-bond donors (Lipinski definition) is 1. The Morgan fingerprint density at radius 1 is 1.17 bits per heavy atom. The van der Waals surface area contributed by atoms with Gasteiger partial charge in [-0.15, -0.1) is 10.2 Å². The molecule has 0 radical (unpaired) electrons. The Hall–Kier alpha value is -2.70. The molecule has 4 rings (SSSR count). The van der Waals surface area contributed by atoms with Crippen LogP contribution in [0.4, 0.5) is 5.69 Å². The summed E-state index contributed by atoms with van der Waals surface area (Å²) in [6.45, 7) is 3.54. The van der Waals surface area contributed by atoms with Crippen molar-refractivity contribution in [2.75, 3.05) is 5.32 Å². The van der Waals surface area contributed by atoms with Gasteiger partial charge in [-0.25, -0.2) is 0 Å². The van der Waals surface area contributed by atoms with Crippen LogP contribution in [0.5, 0.6) is 0 Å². The molecule has 0 spiro atoms. The van der Waals surface area contributed by atoms with Crippen LogP contribution in [0.1, 0.15) is 41.8 Å². The number of anilines is 1. The van der Waals surface area contributed by atoms with E-state index in [0.717, 1.165) is 35.9 Å². The number of aromatic nitrogens is 5.